The van der Waals surface area contributed by atoms with E-state index in [1.807, 2.05) is 41.8 Å². The van der Waals surface area contributed by atoms with Gasteiger partial charge in [0, 0.05) is 49.3 Å². The zero-order chi connectivity index (χ0) is 30.2. The Morgan fingerprint density at radius 3 is 2.43 bits per heavy atom. The minimum Gasteiger partial charge on any atom is -0.327 e. The van der Waals surface area contributed by atoms with Crippen molar-refractivity contribution in [3.8, 4) is 0 Å². The highest BCUT2D eigenvalue weighted by Gasteiger charge is 2.19. The van der Waals surface area contributed by atoms with Gasteiger partial charge in [-0.1, -0.05) is 29.3 Å². The summed E-state index contributed by atoms with van der Waals surface area (Å²) >= 11 is 12.3. The Labute approximate surface area is 253 Å². The van der Waals surface area contributed by atoms with E-state index < -0.39 is 9.84 Å². The average molecular weight is 625 g/mol. The van der Waals surface area contributed by atoms with Crippen LogP contribution in [-0.4, -0.2) is 54.2 Å². The van der Waals surface area contributed by atoms with Crippen molar-refractivity contribution < 1.29 is 13.2 Å². The van der Waals surface area contributed by atoms with Gasteiger partial charge in [0.25, 0.3) is 0 Å². The number of nitrogens with one attached hydrogen (secondary N) is 1. The number of carbonyl (C=O) groups excluding carboxylic acids is 1. The number of amides is 1. The van der Waals surface area contributed by atoms with Crippen LogP contribution in [0.5, 0.6) is 0 Å². The molecule has 0 spiro atoms. The van der Waals surface area contributed by atoms with Gasteiger partial charge in [-0.15, -0.1) is 0 Å². The first-order valence-electron chi connectivity index (χ1n) is 12.7. The molecule has 10 nitrogen and oxygen atoms in total. The van der Waals surface area contributed by atoms with Crippen LogP contribution in [0.3, 0.4) is 0 Å². The molecule has 2 aromatic heterocycles. The molecule has 0 aliphatic rings. The van der Waals surface area contributed by atoms with Crippen molar-refractivity contribution in [3.05, 3.63) is 88.5 Å². The zero-order valence-electron chi connectivity index (χ0n) is 23.2. The Balaban J connectivity index is 1.40. The second-order valence-electron chi connectivity index (χ2n) is 9.70. The standard InChI is InChI=1S/C29H27Cl2N7O3S/c1-36(20-9-11-21(12-10-20)42(4,40)41)28-32-15-14-25(33-28)37(2)23-6-5-7-24-27(23)35-29(38(24)3)34-26(39)17-18-16-19(30)8-13-22(18)31/h5-16H,17H2,1-4H3,(H,34,35,39). The van der Waals surface area contributed by atoms with Crippen molar-refractivity contribution >= 4 is 79.1 Å². The molecule has 0 bridgehead atoms. The highest BCUT2D eigenvalue weighted by Crippen LogP contribution is 2.32. The van der Waals surface area contributed by atoms with E-state index in [1.54, 1.807) is 66.7 Å². The van der Waals surface area contributed by atoms with Gasteiger partial charge in [-0.2, -0.15) is 4.98 Å². The molecular formula is C29H27Cl2N7O3S. The molecule has 0 atom stereocenters. The molecule has 0 radical (unpaired) electrons. The molecule has 5 rings (SSSR count). The van der Waals surface area contributed by atoms with Gasteiger partial charge in [-0.25, -0.2) is 18.4 Å². The SMILES string of the molecule is CN(c1ccc(S(C)(=O)=O)cc1)c1nccc(N(C)c2cccc3c2nc(NC(=O)Cc2cc(Cl)ccc2Cl)n3C)n1. The molecule has 13 heteroatoms. The Morgan fingerprint density at radius 2 is 1.71 bits per heavy atom. The molecule has 0 aliphatic carbocycles. The Kier molecular flexibility index (Phi) is 8.09. The van der Waals surface area contributed by atoms with Crippen LogP contribution in [0, 0.1) is 0 Å². The molecule has 0 aliphatic heterocycles. The number of anilines is 5. The van der Waals surface area contributed by atoms with E-state index in [2.05, 4.69) is 10.3 Å². The van der Waals surface area contributed by atoms with Crippen molar-refractivity contribution in [2.45, 2.75) is 11.3 Å². The van der Waals surface area contributed by atoms with Crippen LogP contribution in [0.4, 0.5) is 29.1 Å². The lowest BCUT2D eigenvalue weighted by atomic mass is 10.1. The summed E-state index contributed by atoms with van der Waals surface area (Å²) in [6.07, 6.45) is 2.87. The molecule has 5 aromatic rings. The maximum atomic E-state index is 12.9. The van der Waals surface area contributed by atoms with Crippen LogP contribution >= 0.6 is 23.2 Å². The number of carbonyl (C=O) groups is 1. The fourth-order valence-corrected chi connectivity index (χ4v) is 5.46. The predicted octanol–water partition coefficient (Wildman–Crippen LogP) is 5.79. The smallest absolute Gasteiger partial charge is 0.231 e. The second kappa shape index (κ2) is 11.6. The number of aryl methyl sites for hydroxylation is 1. The second-order valence-corrected chi connectivity index (χ2v) is 12.6. The van der Waals surface area contributed by atoms with Gasteiger partial charge in [0.15, 0.2) is 9.84 Å². The zero-order valence-corrected chi connectivity index (χ0v) is 25.5. The van der Waals surface area contributed by atoms with Crippen molar-refractivity contribution in [1.29, 1.82) is 0 Å². The summed E-state index contributed by atoms with van der Waals surface area (Å²) in [5, 5.41) is 3.84. The highest BCUT2D eigenvalue weighted by molar-refractivity contribution is 7.90. The lowest BCUT2D eigenvalue weighted by Crippen LogP contribution is -2.17. The van der Waals surface area contributed by atoms with Gasteiger partial charge in [0.1, 0.15) is 11.3 Å². The summed E-state index contributed by atoms with van der Waals surface area (Å²) in [5.41, 5.74) is 3.60. The summed E-state index contributed by atoms with van der Waals surface area (Å²) in [7, 11) is 2.20. The van der Waals surface area contributed by atoms with Crippen LogP contribution in [0.25, 0.3) is 11.0 Å². The van der Waals surface area contributed by atoms with Gasteiger partial charge in [0.05, 0.1) is 22.5 Å². The van der Waals surface area contributed by atoms with Crippen LogP contribution in [-0.2, 0) is 28.1 Å². The van der Waals surface area contributed by atoms with E-state index in [1.165, 1.54) is 6.26 Å². The number of nitrogens with zero attached hydrogens (tertiary/aromatic N) is 6. The van der Waals surface area contributed by atoms with E-state index in [4.69, 9.17) is 33.2 Å². The number of hydrogen-bond acceptors (Lipinski definition) is 8. The molecule has 0 saturated carbocycles. The first-order valence-corrected chi connectivity index (χ1v) is 15.4. The summed E-state index contributed by atoms with van der Waals surface area (Å²) in [6, 6.07) is 19.1. The predicted molar refractivity (Wildman–Crippen MR) is 167 cm³/mol. The lowest BCUT2D eigenvalue weighted by molar-refractivity contribution is -0.115. The monoisotopic (exact) mass is 623 g/mol. The number of sulfone groups is 1. The molecular weight excluding hydrogens is 597 g/mol. The van der Waals surface area contributed by atoms with Crippen molar-refractivity contribution in [1.82, 2.24) is 19.5 Å². The number of hydrogen-bond donors (Lipinski definition) is 1. The Bertz CT molecular complexity index is 1910. The van der Waals surface area contributed by atoms with Crippen molar-refractivity contribution in [3.63, 3.8) is 0 Å². The highest BCUT2D eigenvalue weighted by atomic mass is 35.5. The fourth-order valence-electron chi connectivity index (χ4n) is 4.45. The lowest BCUT2D eigenvalue weighted by Gasteiger charge is -2.22. The van der Waals surface area contributed by atoms with E-state index in [0.717, 1.165) is 16.9 Å². The van der Waals surface area contributed by atoms with Crippen molar-refractivity contribution in [2.24, 2.45) is 7.05 Å². The van der Waals surface area contributed by atoms with E-state index in [-0.39, 0.29) is 17.2 Å². The van der Waals surface area contributed by atoms with Gasteiger partial charge in [-0.3, -0.25) is 10.1 Å². The van der Waals surface area contributed by atoms with E-state index in [0.29, 0.717) is 38.8 Å². The molecule has 0 unspecified atom stereocenters. The number of fused-ring (bicyclic) bond motifs is 1. The van der Waals surface area contributed by atoms with Crippen LogP contribution in [0.15, 0.2) is 77.8 Å². The molecule has 42 heavy (non-hydrogen) atoms. The first kappa shape index (κ1) is 29.3. The number of aromatic nitrogens is 4. The maximum absolute atomic E-state index is 12.9. The summed E-state index contributed by atoms with van der Waals surface area (Å²) < 4.78 is 25.5. The number of benzene rings is 3. The Morgan fingerprint density at radius 1 is 0.976 bits per heavy atom. The number of rotatable bonds is 8. The van der Waals surface area contributed by atoms with E-state index >= 15 is 0 Å². The van der Waals surface area contributed by atoms with Crippen LogP contribution in [0.2, 0.25) is 10.0 Å². The number of halogens is 2. The molecule has 216 valence electrons. The molecule has 1 amide bonds. The minimum atomic E-state index is -3.30. The third-order valence-corrected chi connectivity index (χ3v) is 8.52. The molecule has 0 fully saturated rings. The molecule has 2 heterocycles. The van der Waals surface area contributed by atoms with Crippen molar-refractivity contribution in [2.75, 3.05) is 35.5 Å². The summed E-state index contributed by atoms with van der Waals surface area (Å²) in [5.74, 6) is 1.14. The van der Waals surface area contributed by atoms with Gasteiger partial charge >= 0.3 is 0 Å². The minimum absolute atomic E-state index is 0.0452. The average Bonchev–Trinajstić information content (AvgIpc) is 3.28. The van der Waals surface area contributed by atoms with Gasteiger partial charge in [0.2, 0.25) is 17.8 Å². The quantitative estimate of drug-likeness (QED) is 0.231. The topological polar surface area (TPSA) is 113 Å². The van der Waals surface area contributed by atoms with Gasteiger partial charge < -0.3 is 14.4 Å². The molecule has 1 N–H and O–H groups in total. The van der Waals surface area contributed by atoms with Crippen LogP contribution < -0.4 is 15.1 Å². The maximum Gasteiger partial charge on any atom is 0.231 e. The summed E-state index contributed by atoms with van der Waals surface area (Å²) in [6.45, 7) is 0. The molecule has 3 aromatic carbocycles. The largest absolute Gasteiger partial charge is 0.327 e. The third-order valence-electron chi connectivity index (χ3n) is 6.79. The first-order chi connectivity index (χ1) is 19.9. The van der Waals surface area contributed by atoms with Gasteiger partial charge in [-0.05, 0) is 66.2 Å². The normalized spacial score (nSPS) is 11.5. The fraction of sp³-hybridized carbons (Fsp3) is 0.172. The molecule has 0 saturated heterocycles. The number of para-hydroxylation sites is 1. The third kappa shape index (κ3) is 6.03. The van der Waals surface area contributed by atoms with E-state index in [9.17, 15) is 13.2 Å². The Hall–Kier alpha value is -4.19. The van der Waals surface area contributed by atoms with Crippen LogP contribution in [0.1, 0.15) is 5.56 Å². The summed E-state index contributed by atoms with van der Waals surface area (Å²) in [4.78, 5) is 30.7. The number of imidazole rings is 1.